The van der Waals surface area contributed by atoms with Crippen LogP contribution in [-0.4, -0.2) is 49.6 Å². The second-order valence-electron chi connectivity index (χ2n) is 9.18. The van der Waals surface area contributed by atoms with Crippen LogP contribution in [0, 0.1) is 5.82 Å². The van der Waals surface area contributed by atoms with Gasteiger partial charge in [0.05, 0.1) is 12.2 Å². The van der Waals surface area contributed by atoms with Crippen LogP contribution < -0.4 is 10.2 Å². The predicted molar refractivity (Wildman–Crippen MR) is 135 cm³/mol. The van der Waals surface area contributed by atoms with Crippen LogP contribution in [0.3, 0.4) is 0 Å². The lowest BCUT2D eigenvalue weighted by molar-refractivity contribution is -0.120. The first-order valence-electron chi connectivity index (χ1n) is 11.3. The molecule has 12 heteroatoms. The van der Waals surface area contributed by atoms with E-state index in [1.54, 1.807) is 45.0 Å². The van der Waals surface area contributed by atoms with E-state index in [1.807, 2.05) is 6.92 Å². The van der Waals surface area contributed by atoms with Gasteiger partial charge in [0.15, 0.2) is 11.6 Å². The van der Waals surface area contributed by atoms with E-state index < -0.39 is 23.6 Å². The molecule has 36 heavy (non-hydrogen) atoms. The molecule has 0 bridgehead atoms. The number of carbonyl (C=O) groups is 2. The molecule has 1 aromatic heterocycles. The summed E-state index contributed by atoms with van der Waals surface area (Å²) in [6.07, 6.45) is -0.161. The topological polar surface area (TPSA) is 102 Å². The highest BCUT2D eigenvalue weighted by atomic mass is 35.5. The summed E-state index contributed by atoms with van der Waals surface area (Å²) in [5.74, 6) is -0.253. The van der Waals surface area contributed by atoms with E-state index in [2.05, 4.69) is 20.7 Å². The Labute approximate surface area is 217 Å². The van der Waals surface area contributed by atoms with E-state index in [0.717, 1.165) is 10.4 Å². The Morgan fingerprint density at radius 3 is 2.61 bits per heavy atom. The first-order valence-corrected chi connectivity index (χ1v) is 12.7. The molecule has 0 aliphatic carbocycles. The van der Waals surface area contributed by atoms with Crippen molar-refractivity contribution in [2.24, 2.45) is 0 Å². The van der Waals surface area contributed by atoms with Crippen LogP contribution in [0.25, 0.3) is 5.69 Å². The molecule has 2 amide bonds. The molecule has 190 valence electrons. The minimum Gasteiger partial charge on any atom is -0.444 e. The van der Waals surface area contributed by atoms with Gasteiger partial charge >= 0.3 is 6.09 Å². The molecular formula is C24H26ClFN6O3S. The van der Waals surface area contributed by atoms with Crippen molar-refractivity contribution in [1.29, 1.82) is 0 Å². The van der Waals surface area contributed by atoms with Gasteiger partial charge in [-0.15, -0.1) is 26.8 Å². The van der Waals surface area contributed by atoms with Crippen LogP contribution in [0.1, 0.15) is 39.1 Å². The number of tetrazole rings is 1. The highest BCUT2D eigenvalue weighted by Gasteiger charge is 2.34. The van der Waals surface area contributed by atoms with Gasteiger partial charge in [0.2, 0.25) is 0 Å². The molecule has 4 rings (SSSR count). The summed E-state index contributed by atoms with van der Waals surface area (Å²) in [6, 6.07) is 9.05. The molecule has 1 atom stereocenters. The third-order valence-corrected chi connectivity index (χ3v) is 6.61. The Hall–Kier alpha value is -3.18. The molecule has 0 unspecified atom stereocenters. The van der Waals surface area contributed by atoms with E-state index in [4.69, 9.17) is 16.3 Å². The Bertz CT molecular complexity index is 1280. The predicted octanol–water partition coefficient (Wildman–Crippen LogP) is 4.55. The smallest absolute Gasteiger partial charge is 0.408 e. The van der Waals surface area contributed by atoms with Crippen molar-refractivity contribution >= 4 is 41.1 Å². The third-order valence-electron chi connectivity index (χ3n) is 5.22. The Kier molecular flexibility index (Phi) is 7.51. The van der Waals surface area contributed by atoms with Crippen molar-refractivity contribution in [3.8, 4) is 5.69 Å². The maximum absolute atomic E-state index is 15.1. The number of amides is 2. The second-order valence-corrected chi connectivity index (χ2v) is 10.7. The minimum atomic E-state index is -0.896. The number of benzene rings is 2. The lowest BCUT2D eigenvalue weighted by Crippen LogP contribution is -2.50. The molecule has 2 aromatic carbocycles. The molecule has 3 aromatic rings. The summed E-state index contributed by atoms with van der Waals surface area (Å²) in [5, 5.41) is 15.3. The van der Waals surface area contributed by atoms with Crippen LogP contribution in [0.15, 0.2) is 41.3 Å². The van der Waals surface area contributed by atoms with Crippen molar-refractivity contribution in [3.05, 3.63) is 58.6 Å². The number of aromatic nitrogens is 4. The van der Waals surface area contributed by atoms with Crippen molar-refractivity contribution < 1.29 is 18.7 Å². The average molecular weight is 533 g/mol. The first-order chi connectivity index (χ1) is 17.0. The van der Waals surface area contributed by atoms with E-state index in [9.17, 15) is 9.59 Å². The van der Waals surface area contributed by atoms with Gasteiger partial charge in [-0.3, -0.25) is 4.79 Å². The molecule has 0 fully saturated rings. The molecular weight excluding hydrogens is 507 g/mol. The normalized spacial score (nSPS) is 15.9. The van der Waals surface area contributed by atoms with E-state index >= 15 is 4.39 Å². The number of rotatable bonds is 5. The van der Waals surface area contributed by atoms with Gasteiger partial charge in [-0.05, 0) is 55.8 Å². The number of anilines is 1. The number of hydrogen-bond acceptors (Lipinski definition) is 7. The number of alkyl carbamates (subject to hydrolysis) is 1. The molecule has 9 nitrogen and oxygen atoms in total. The molecule has 1 N–H and O–H groups in total. The van der Waals surface area contributed by atoms with Crippen molar-refractivity contribution in [2.45, 2.75) is 57.2 Å². The van der Waals surface area contributed by atoms with Crippen molar-refractivity contribution in [3.63, 3.8) is 0 Å². The lowest BCUT2D eigenvalue weighted by Gasteiger charge is -2.27. The van der Waals surface area contributed by atoms with Crippen molar-refractivity contribution in [2.75, 3.05) is 10.7 Å². The summed E-state index contributed by atoms with van der Waals surface area (Å²) in [5.41, 5.74) is 0.616. The molecule has 0 radical (unpaired) electrons. The molecule has 0 saturated carbocycles. The number of carbonyl (C=O) groups excluding carboxylic acids is 2. The Balaban J connectivity index is 1.73. The van der Waals surface area contributed by atoms with Gasteiger partial charge in [0.1, 0.15) is 17.3 Å². The zero-order valence-electron chi connectivity index (χ0n) is 20.3. The van der Waals surface area contributed by atoms with Crippen LogP contribution in [-0.2, 0) is 22.5 Å². The van der Waals surface area contributed by atoms with Gasteiger partial charge in [0.25, 0.3) is 5.91 Å². The lowest BCUT2D eigenvalue weighted by atomic mass is 10.1. The number of nitrogens with zero attached hydrogens (tertiary/aromatic N) is 5. The highest BCUT2D eigenvalue weighted by Crippen LogP contribution is 2.38. The van der Waals surface area contributed by atoms with Gasteiger partial charge in [-0.25, -0.2) is 9.18 Å². The number of fused-ring (bicyclic) bond motifs is 1. The zero-order chi connectivity index (χ0) is 26.0. The van der Waals surface area contributed by atoms with Gasteiger partial charge < -0.3 is 15.0 Å². The Morgan fingerprint density at radius 2 is 1.97 bits per heavy atom. The minimum absolute atomic E-state index is 0.0639. The van der Waals surface area contributed by atoms with E-state index in [1.165, 1.54) is 28.8 Å². The molecule has 2 heterocycles. The number of ether oxygens (including phenoxy) is 1. The fourth-order valence-electron chi connectivity index (χ4n) is 3.54. The molecule has 0 spiro atoms. The molecule has 1 aliphatic heterocycles. The van der Waals surface area contributed by atoms with Gasteiger partial charge in [-0.1, -0.05) is 30.7 Å². The third kappa shape index (κ3) is 5.96. The van der Waals surface area contributed by atoms with Crippen LogP contribution in [0.5, 0.6) is 0 Å². The molecule has 1 aliphatic rings. The largest absolute Gasteiger partial charge is 0.444 e. The fourth-order valence-corrected chi connectivity index (χ4v) is 4.74. The average Bonchev–Trinajstić information content (AvgIpc) is 3.25. The first kappa shape index (κ1) is 25.9. The fraction of sp³-hybridized carbons (Fsp3) is 0.375. The zero-order valence-corrected chi connectivity index (χ0v) is 21.9. The maximum Gasteiger partial charge on any atom is 0.408 e. The Morgan fingerprint density at radius 1 is 1.25 bits per heavy atom. The molecule has 0 saturated heterocycles. The number of halogens is 2. The number of aryl methyl sites for hydroxylation is 1. The maximum atomic E-state index is 15.1. The quantitative estimate of drug-likeness (QED) is 0.514. The second kappa shape index (κ2) is 10.4. The van der Waals surface area contributed by atoms with E-state index in [0.29, 0.717) is 27.9 Å². The summed E-state index contributed by atoms with van der Waals surface area (Å²) >= 11 is 7.30. The van der Waals surface area contributed by atoms with Crippen molar-refractivity contribution in [1.82, 2.24) is 25.5 Å². The monoisotopic (exact) mass is 532 g/mol. The summed E-state index contributed by atoms with van der Waals surface area (Å²) in [7, 11) is 0. The van der Waals surface area contributed by atoms with Crippen LogP contribution in [0.2, 0.25) is 5.02 Å². The van der Waals surface area contributed by atoms with Crippen LogP contribution in [0.4, 0.5) is 14.9 Å². The highest BCUT2D eigenvalue weighted by molar-refractivity contribution is 7.99. The standard InChI is InChI=1S/C24H26ClFN6O3S/c1-5-21-28-30-32(29-21)18-11-19-20(10-16(18)26)36-13-17(27-23(34)35-24(2,3)4)22(33)31(19)12-14-6-8-15(25)9-7-14/h6-11,17H,5,12-13H2,1-4H3,(H,27,34)/t17-/m0/s1. The SMILES string of the molecule is CCc1nnn(-c2cc3c(cc2F)SC[C@H](NC(=O)OC(C)(C)C)C(=O)N3Cc2ccc(Cl)cc2)n1. The summed E-state index contributed by atoms with van der Waals surface area (Å²) < 4.78 is 20.5. The van der Waals surface area contributed by atoms with Gasteiger partial charge in [0, 0.05) is 22.1 Å². The number of nitrogens with one attached hydrogen (secondary N) is 1. The number of hydrogen-bond donors (Lipinski definition) is 1. The number of thioether (sulfide) groups is 1. The van der Waals surface area contributed by atoms with Gasteiger partial charge in [-0.2, -0.15) is 0 Å². The summed E-state index contributed by atoms with van der Waals surface area (Å²) in [4.78, 5) is 29.4. The summed E-state index contributed by atoms with van der Waals surface area (Å²) in [6.45, 7) is 7.27. The van der Waals surface area contributed by atoms with E-state index in [-0.39, 0.29) is 23.9 Å². The van der Waals surface area contributed by atoms with Crippen LogP contribution >= 0.6 is 23.4 Å².